The predicted molar refractivity (Wildman–Crippen MR) is 120 cm³/mol. The normalized spacial score (nSPS) is 11.1. The molecule has 5 rings (SSSR count). The molecule has 144 valence electrons. The smallest absolute Gasteiger partial charge is 0.216 e. The van der Waals surface area contributed by atoms with E-state index in [-0.39, 0.29) is 0 Å². The third-order valence-corrected chi connectivity index (χ3v) is 5.87. The van der Waals surface area contributed by atoms with Crippen molar-refractivity contribution in [1.82, 2.24) is 0 Å². The summed E-state index contributed by atoms with van der Waals surface area (Å²) in [7, 11) is 2.05. The summed E-state index contributed by atoms with van der Waals surface area (Å²) in [6.07, 6.45) is 2.05. The number of nitrogens with zero attached hydrogens (tertiary/aromatic N) is 2. The number of aromatic nitrogens is 1. The van der Waals surface area contributed by atoms with Gasteiger partial charge in [-0.1, -0.05) is 30.3 Å². The van der Waals surface area contributed by atoms with Gasteiger partial charge in [-0.3, -0.25) is 0 Å². The minimum absolute atomic E-state index is 0.645. The van der Waals surface area contributed by atoms with Gasteiger partial charge in [0.2, 0.25) is 5.69 Å². The van der Waals surface area contributed by atoms with Crippen molar-refractivity contribution in [2.45, 2.75) is 13.8 Å². The summed E-state index contributed by atoms with van der Waals surface area (Å²) in [5.74, 6) is 0. The number of aryl methyl sites for hydroxylation is 3. The van der Waals surface area contributed by atoms with Crippen LogP contribution in [0.2, 0.25) is 0 Å². The van der Waals surface area contributed by atoms with E-state index in [0.29, 0.717) is 5.56 Å². The highest BCUT2D eigenvalue weighted by atomic mass is 16.3. The molecule has 3 aromatic carbocycles. The van der Waals surface area contributed by atoms with E-state index in [1.165, 1.54) is 0 Å². The first-order valence-electron chi connectivity index (χ1n) is 10.00. The number of fused-ring (bicyclic) bond motifs is 3. The molecule has 2 heterocycles. The quantitative estimate of drug-likeness (QED) is 0.336. The Labute approximate surface area is 175 Å². The predicted octanol–water partition coefficient (Wildman–Crippen LogP) is 6.23. The number of hydrogen-bond acceptors (Lipinski definition) is 2. The maximum atomic E-state index is 9.50. The molecule has 0 radical (unpaired) electrons. The Hall–Kier alpha value is -3.90. The Morgan fingerprint density at radius 3 is 2.40 bits per heavy atom. The van der Waals surface area contributed by atoms with Crippen molar-refractivity contribution in [2.75, 3.05) is 0 Å². The van der Waals surface area contributed by atoms with Gasteiger partial charge in [-0.25, -0.2) is 4.57 Å². The van der Waals surface area contributed by atoms with Crippen molar-refractivity contribution in [3.05, 3.63) is 89.6 Å². The second-order valence-corrected chi connectivity index (χ2v) is 7.71. The summed E-state index contributed by atoms with van der Waals surface area (Å²) in [6.45, 7) is 4.09. The number of benzene rings is 3. The van der Waals surface area contributed by atoms with Crippen molar-refractivity contribution in [3.63, 3.8) is 0 Å². The lowest BCUT2D eigenvalue weighted by Gasteiger charge is -2.10. The molecule has 0 aliphatic rings. The lowest BCUT2D eigenvalue weighted by atomic mass is 9.92. The molecule has 0 spiro atoms. The van der Waals surface area contributed by atoms with Crippen molar-refractivity contribution < 1.29 is 8.98 Å². The summed E-state index contributed by atoms with van der Waals surface area (Å²) in [5, 5.41) is 11.6. The molecule has 5 aromatic rings. The fraction of sp³-hybridized carbons (Fsp3) is 0.111. The maximum Gasteiger partial charge on any atom is 0.216 e. The third-order valence-electron chi connectivity index (χ3n) is 5.87. The Balaban J connectivity index is 2.00. The molecule has 0 aliphatic heterocycles. The van der Waals surface area contributed by atoms with Crippen LogP contribution in [-0.4, -0.2) is 0 Å². The summed E-state index contributed by atoms with van der Waals surface area (Å²) >= 11 is 0. The molecule has 0 fully saturated rings. The summed E-state index contributed by atoms with van der Waals surface area (Å²) < 4.78 is 8.66. The van der Waals surface area contributed by atoms with E-state index < -0.39 is 0 Å². The lowest BCUT2D eigenvalue weighted by molar-refractivity contribution is -0.660. The van der Waals surface area contributed by atoms with Crippen LogP contribution in [0.3, 0.4) is 0 Å². The van der Waals surface area contributed by atoms with E-state index in [2.05, 4.69) is 54.0 Å². The number of nitriles is 1. The number of rotatable bonds is 2. The summed E-state index contributed by atoms with van der Waals surface area (Å²) in [6, 6.07) is 25.0. The SMILES string of the molecule is Cc1cc(-c2ccccc2)c2c(oc3c(C)c(C#N)ccc32)c1-c1cccc[n+]1C. The minimum atomic E-state index is 0.645. The van der Waals surface area contributed by atoms with Gasteiger partial charge in [0.15, 0.2) is 6.20 Å². The van der Waals surface area contributed by atoms with Crippen LogP contribution in [0, 0.1) is 25.2 Å². The van der Waals surface area contributed by atoms with Crippen LogP contribution >= 0.6 is 0 Å². The molecule has 0 aliphatic carbocycles. The number of hydrogen-bond donors (Lipinski definition) is 0. The van der Waals surface area contributed by atoms with E-state index in [0.717, 1.165) is 55.4 Å². The zero-order chi connectivity index (χ0) is 20.8. The highest BCUT2D eigenvalue weighted by Crippen LogP contribution is 2.43. The standard InChI is InChI=1S/C27H21N2O/c1-17-15-22(19-9-5-4-6-10-19)25-21-13-12-20(16-28)18(2)26(21)30-27(25)24(17)23-11-7-8-14-29(23)3/h4-15H,1-3H3/q+1. The van der Waals surface area contributed by atoms with Gasteiger partial charge in [0.25, 0.3) is 0 Å². The molecular formula is C27H21N2O+. The van der Waals surface area contributed by atoms with E-state index in [9.17, 15) is 5.26 Å². The average Bonchev–Trinajstić information content (AvgIpc) is 3.15. The molecule has 3 heteroatoms. The van der Waals surface area contributed by atoms with Crippen LogP contribution in [0.5, 0.6) is 0 Å². The van der Waals surface area contributed by atoms with Crippen LogP contribution in [0.4, 0.5) is 0 Å². The Morgan fingerprint density at radius 2 is 1.67 bits per heavy atom. The van der Waals surface area contributed by atoms with E-state index in [1.54, 1.807) is 0 Å². The monoisotopic (exact) mass is 389 g/mol. The van der Waals surface area contributed by atoms with Gasteiger partial charge in [-0.2, -0.15) is 5.26 Å². The fourth-order valence-corrected chi connectivity index (χ4v) is 4.35. The zero-order valence-electron chi connectivity index (χ0n) is 17.2. The van der Waals surface area contributed by atoms with Gasteiger partial charge in [-0.15, -0.1) is 0 Å². The third kappa shape index (κ3) is 2.62. The van der Waals surface area contributed by atoms with Gasteiger partial charge in [0.1, 0.15) is 18.2 Å². The van der Waals surface area contributed by atoms with Gasteiger partial charge in [0.05, 0.1) is 17.2 Å². The first-order chi connectivity index (χ1) is 14.6. The molecule has 3 nitrogen and oxygen atoms in total. The van der Waals surface area contributed by atoms with Crippen molar-refractivity contribution >= 4 is 21.9 Å². The number of furan rings is 1. The highest BCUT2D eigenvalue weighted by molar-refractivity contribution is 6.17. The largest absolute Gasteiger partial charge is 0.455 e. The molecular weight excluding hydrogens is 368 g/mol. The Bertz CT molecular complexity index is 1470. The second-order valence-electron chi connectivity index (χ2n) is 7.71. The summed E-state index contributed by atoms with van der Waals surface area (Å²) in [4.78, 5) is 0. The minimum Gasteiger partial charge on any atom is -0.455 e. The van der Waals surface area contributed by atoms with E-state index in [1.807, 2.05) is 50.5 Å². The first-order valence-corrected chi connectivity index (χ1v) is 10.00. The Morgan fingerprint density at radius 1 is 0.900 bits per heavy atom. The molecule has 0 unspecified atom stereocenters. The van der Waals surface area contributed by atoms with Gasteiger partial charge in [0, 0.05) is 28.5 Å². The zero-order valence-corrected chi connectivity index (χ0v) is 17.2. The maximum absolute atomic E-state index is 9.50. The molecule has 0 atom stereocenters. The second kappa shape index (κ2) is 6.86. The molecule has 0 saturated carbocycles. The van der Waals surface area contributed by atoms with Crippen LogP contribution in [-0.2, 0) is 7.05 Å². The Kier molecular flexibility index (Phi) is 4.15. The van der Waals surface area contributed by atoms with Gasteiger partial charge >= 0.3 is 0 Å². The lowest BCUT2D eigenvalue weighted by Crippen LogP contribution is -2.30. The van der Waals surface area contributed by atoms with Crippen molar-refractivity contribution in [2.24, 2.45) is 7.05 Å². The van der Waals surface area contributed by atoms with E-state index in [4.69, 9.17) is 4.42 Å². The van der Waals surface area contributed by atoms with Gasteiger partial charge in [-0.05, 0) is 54.8 Å². The van der Waals surface area contributed by atoms with E-state index >= 15 is 0 Å². The highest BCUT2D eigenvalue weighted by Gasteiger charge is 2.24. The van der Waals surface area contributed by atoms with Crippen LogP contribution < -0.4 is 4.57 Å². The van der Waals surface area contributed by atoms with Crippen LogP contribution in [0.1, 0.15) is 16.7 Å². The van der Waals surface area contributed by atoms with Crippen LogP contribution in [0.15, 0.2) is 77.3 Å². The molecule has 0 saturated heterocycles. The molecule has 0 amide bonds. The van der Waals surface area contributed by atoms with Crippen molar-refractivity contribution in [1.29, 1.82) is 5.26 Å². The van der Waals surface area contributed by atoms with Crippen molar-refractivity contribution in [3.8, 4) is 28.5 Å². The molecule has 2 aromatic heterocycles. The van der Waals surface area contributed by atoms with Gasteiger partial charge < -0.3 is 4.42 Å². The summed E-state index contributed by atoms with van der Waals surface area (Å²) in [5.41, 5.74) is 8.81. The fourth-order valence-electron chi connectivity index (χ4n) is 4.35. The van der Waals surface area contributed by atoms with Crippen LogP contribution in [0.25, 0.3) is 44.3 Å². The average molecular weight is 389 g/mol. The topological polar surface area (TPSA) is 40.8 Å². The molecule has 0 bridgehead atoms. The first kappa shape index (κ1) is 18.1. The molecule has 0 N–H and O–H groups in total. The number of pyridine rings is 1. The molecule has 30 heavy (non-hydrogen) atoms.